The van der Waals surface area contributed by atoms with Gasteiger partial charge < -0.3 is 20.3 Å². The molecule has 1 aromatic carbocycles. The molecule has 0 saturated carbocycles. The van der Waals surface area contributed by atoms with E-state index in [1.807, 2.05) is 24.3 Å². The molecule has 0 fully saturated rings. The molecule has 2 rings (SSSR count). The molecule has 0 bridgehead atoms. The molecule has 0 radical (unpaired) electrons. The van der Waals surface area contributed by atoms with Crippen LogP contribution in [0.3, 0.4) is 0 Å². The van der Waals surface area contributed by atoms with Gasteiger partial charge in [0.1, 0.15) is 12.7 Å². The van der Waals surface area contributed by atoms with E-state index >= 15 is 0 Å². The van der Waals surface area contributed by atoms with E-state index < -0.39 is 5.97 Å². The van der Waals surface area contributed by atoms with E-state index in [-0.39, 0.29) is 18.6 Å². The molecule has 5 nitrogen and oxygen atoms in total. The van der Waals surface area contributed by atoms with Gasteiger partial charge in [0, 0.05) is 12.5 Å². The number of carbonyl (C=O) groups is 1. The number of ether oxygens (including phenoxy) is 2. The van der Waals surface area contributed by atoms with Crippen LogP contribution in [0.2, 0.25) is 0 Å². The first-order valence-electron chi connectivity index (χ1n) is 5.52. The van der Waals surface area contributed by atoms with Gasteiger partial charge in [-0.05, 0) is 18.6 Å². The van der Waals surface area contributed by atoms with Crippen molar-refractivity contribution in [1.82, 2.24) is 0 Å². The summed E-state index contributed by atoms with van der Waals surface area (Å²) in [5, 5.41) is 8.59. The Morgan fingerprint density at radius 2 is 2.18 bits per heavy atom. The van der Waals surface area contributed by atoms with Crippen LogP contribution >= 0.6 is 0 Å². The van der Waals surface area contributed by atoms with Crippen LogP contribution in [0.5, 0.6) is 11.5 Å². The lowest BCUT2D eigenvalue weighted by atomic mass is 10.1. The summed E-state index contributed by atoms with van der Waals surface area (Å²) >= 11 is 0. The van der Waals surface area contributed by atoms with Gasteiger partial charge in [-0.2, -0.15) is 0 Å². The smallest absolute Gasteiger partial charge is 0.303 e. The predicted molar refractivity (Wildman–Crippen MR) is 61.2 cm³/mol. The fraction of sp³-hybridized carbons (Fsp3) is 0.417. The predicted octanol–water partition coefficient (Wildman–Crippen LogP) is 1.02. The third-order valence-corrected chi connectivity index (χ3v) is 2.70. The highest BCUT2D eigenvalue weighted by Crippen LogP contribution is 2.31. The van der Waals surface area contributed by atoms with Crippen molar-refractivity contribution in [3.8, 4) is 11.5 Å². The average Bonchev–Trinajstić information content (AvgIpc) is 2.35. The normalized spacial score (nSPS) is 19.7. The Labute approximate surface area is 99.1 Å². The van der Waals surface area contributed by atoms with Gasteiger partial charge in [0.15, 0.2) is 11.5 Å². The highest BCUT2D eigenvalue weighted by Gasteiger charge is 2.26. The number of aliphatic carboxylic acids is 1. The molecule has 2 atom stereocenters. The Morgan fingerprint density at radius 3 is 2.88 bits per heavy atom. The molecule has 17 heavy (non-hydrogen) atoms. The van der Waals surface area contributed by atoms with Gasteiger partial charge in [-0.1, -0.05) is 12.1 Å². The molecule has 1 aromatic rings. The minimum atomic E-state index is -0.849. The van der Waals surface area contributed by atoms with Crippen molar-refractivity contribution in [3.63, 3.8) is 0 Å². The van der Waals surface area contributed by atoms with E-state index in [1.165, 1.54) is 0 Å². The van der Waals surface area contributed by atoms with Crippen LogP contribution in [0.1, 0.15) is 12.8 Å². The molecule has 0 saturated heterocycles. The second kappa shape index (κ2) is 5.05. The van der Waals surface area contributed by atoms with Crippen molar-refractivity contribution >= 4 is 5.97 Å². The Bertz CT molecular complexity index is 407. The van der Waals surface area contributed by atoms with E-state index in [0.29, 0.717) is 24.5 Å². The van der Waals surface area contributed by atoms with Crippen molar-refractivity contribution in [2.75, 3.05) is 6.61 Å². The molecule has 0 spiro atoms. The largest absolute Gasteiger partial charge is 0.486 e. The molecular weight excluding hydrogens is 222 g/mol. The van der Waals surface area contributed by atoms with Crippen LogP contribution in [0, 0.1) is 0 Å². The third kappa shape index (κ3) is 2.88. The zero-order valence-corrected chi connectivity index (χ0v) is 9.33. The molecule has 0 amide bonds. The van der Waals surface area contributed by atoms with Crippen LogP contribution in [-0.2, 0) is 4.79 Å². The lowest BCUT2D eigenvalue weighted by molar-refractivity contribution is -0.137. The average molecular weight is 237 g/mol. The van der Waals surface area contributed by atoms with Gasteiger partial charge in [-0.25, -0.2) is 0 Å². The van der Waals surface area contributed by atoms with Crippen LogP contribution in [-0.4, -0.2) is 29.8 Å². The van der Waals surface area contributed by atoms with E-state index in [0.717, 1.165) is 0 Å². The first kappa shape index (κ1) is 11.7. The summed E-state index contributed by atoms with van der Waals surface area (Å²) < 4.78 is 11.2. The summed E-state index contributed by atoms with van der Waals surface area (Å²) in [6, 6.07) is 7.03. The highest BCUT2D eigenvalue weighted by molar-refractivity contribution is 5.66. The van der Waals surface area contributed by atoms with Crippen molar-refractivity contribution in [3.05, 3.63) is 24.3 Å². The first-order valence-corrected chi connectivity index (χ1v) is 5.52. The Hall–Kier alpha value is -1.75. The molecule has 0 aliphatic carbocycles. The number of hydrogen-bond acceptors (Lipinski definition) is 4. The number of benzene rings is 1. The van der Waals surface area contributed by atoms with Gasteiger partial charge in [0.2, 0.25) is 0 Å². The fourth-order valence-corrected chi connectivity index (χ4v) is 1.72. The van der Waals surface area contributed by atoms with Crippen molar-refractivity contribution in [2.45, 2.75) is 25.0 Å². The maximum Gasteiger partial charge on any atom is 0.303 e. The maximum atomic E-state index is 10.5. The number of fused-ring (bicyclic) bond motifs is 1. The second-order valence-corrected chi connectivity index (χ2v) is 4.01. The summed E-state index contributed by atoms with van der Waals surface area (Å²) in [5.74, 6) is 0.515. The Kier molecular flexibility index (Phi) is 3.49. The number of carboxylic acids is 1. The molecule has 1 heterocycles. The molecular formula is C12H15NO4. The molecule has 2 unspecified atom stereocenters. The SMILES string of the molecule is NC(CCC(=O)O)C1COc2ccccc2O1. The second-order valence-electron chi connectivity index (χ2n) is 4.01. The molecule has 1 aliphatic heterocycles. The van der Waals surface area contributed by atoms with Crippen molar-refractivity contribution in [1.29, 1.82) is 0 Å². The van der Waals surface area contributed by atoms with E-state index in [2.05, 4.69) is 0 Å². The van der Waals surface area contributed by atoms with Crippen LogP contribution in [0.4, 0.5) is 0 Å². The lowest BCUT2D eigenvalue weighted by Gasteiger charge is -2.30. The summed E-state index contributed by atoms with van der Waals surface area (Å²) in [4.78, 5) is 10.5. The Balaban J connectivity index is 1.95. The molecule has 5 heteroatoms. The zero-order valence-electron chi connectivity index (χ0n) is 9.33. The van der Waals surface area contributed by atoms with Crippen LogP contribution < -0.4 is 15.2 Å². The number of rotatable bonds is 4. The summed E-state index contributed by atoms with van der Waals surface area (Å²) in [6.07, 6.45) is 0.137. The number of para-hydroxylation sites is 2. The number of nitrogens with two attached hydrogens (primary N) is 1. The first-order chi connectivity index (χ1) is 8.16. The van der Waals surface area contributed by atoms with E-state index in [4.69, 9.17) is 20.3 Å². The van der Waals surface area contributed by atoms with Gasteiger partial charge in [-0.15, -0.1) is 0 Å². The van der Waals surface area contributed by atoms with Gasteiger partial charge in [0.25, 0.3) is 0 Å². The maximum absolute atomic E-state index is 10.5. The standard InChI is InChI=1S/C12H15NO4/c13-8(5-6-12(14)15)11-7-16-9-3-1-2-4-10(9)17-11/h1-4,8,11H,5-7,13H2,(H,14,15). The fourth-order valence-electron chi connectivity index (χ4n) is 1.72. The quantitative estimate of drug-likeness (QED) is 0.817. The van der Waals surface area contributed by atoms with Gasteiger partial charge in [0.05, 0.1) is 0 Å². The van der Waals surface area contributed by atoms with Crippen LogP contribution in [0.25, 0.3) is 0 Å². The molecule has 1 aliphatic rings. The van der Waals surface area contributed by atoms with E-state index in [1.54, 1.807) is 0 Å². The topological polar surface area (TPSA) is 81.8 Å². The number of hydrogen-bond donors (Lipinski definition) is 2. The minimum absolute atomic E-state index is 0.0443. The molecule has 3 N–H and O–H groups in total. The number of carboxylic acid groups (broad SMARTS) is 1. The zero-order chi connectivity index (χ0) is 12.3. The Morgan fingerprint density at radius 1 is 1.47 bits per heavy atom. The van der Waals surface area contributed by atoms with E-state index in [9.17, 15) is 4.79 Å². The van der Waals surface area contributed by atoms with Gasteiger partial charge in [-0.3, -0.25) is 4.79 Å². The van der Waals surface area contributed by atoms with Crippen molar-refractivity contribution < 1.29 is 19.4 Å². The highest BCUT2D eigenvalue weighted by atomic mass is 16.6. The van der Waals surface area contributed by atoms with Crippen molar-refractivity contribution in [2.24, 2.45) is 5.73 Å². The summed E-state index contributed by atoms with van der Waals surface area (Å²) in [6.45, 7) is 0.359. The van der Waals surface area contributed by atoms with Crippen LogP contribution in [0.15, 0.2) is 24.3 Å². The molecule has 0 aromatic heterocycles. The lowest BCUT2D eigenvalue weighted by Crippen LogP contribution is -2.45. The third-order valence-electron chi connectivity index (χ3n) is 2.70. The molecule has 92 valence electrons. The van der Waals surface area contributed by atoms with Gasteiger partial charge >= 0.3 is 5.97 Å². The summed E-state index contributed by atoms with van der Waals surface area (Å²) in [7, 11) is 0. The minimum Gasteiger partial charge on any atom is -0.486 e. The summed E-state index contributed by atoms with van der Waals surface area (Å²) in [5.41, 5.74) is 5.89. The monoisotopic (exact) mass is 237 g/mol.